The minimum Gasteiger partial charge on any atom is -0.345 e. The molecular formula is C10H11N5OS. The highest BCUT2D eigenvalue weighted by atomic mass is 32.1. The second kappa shape index (κ2) is 5.37. The molecule has 4 N–H and O–H groups in total. The third-order valence-corrected chi connectivity index (χ3v) is 2.71. The molecule has 2 heterocycles. The van der Waals surface area contributed by atoms with Crippen LogP contribution in [0.2, 0.25) is 0 Å². The van der Waals surface area contributed by atoms with E-state index in [1.165, 1.54) is 17.5 Å². The monoisotopic (exact) mass is 249 g/mol. The lowest BCUT2D eigenvalue weighted by Crippen LogP contribution is -2.24. The molecule has 2 aromatic heterocycles. The lowest BCUT2D eigenvalue weighted by Gasteiger charge is -2.03. The molecular weight excluding hydrogens is 238 g/mol. The van der Waals surface area contributed by atoms with Gasteiger partial charge < -0.3 is 10.7 Å². The number of hydrogen-bond donors (Lipinski definition) is 3. The highest BCUT2D eigenvalue weighted by Crippen LogP contribution is 2.05. The fourth-order valence-corrected chi connectivity index (χ4v) is 1.76. The molecule has 0 atom stereocenters. The Morgan fingerprint density at radius 2 is 2.29 bits per heavy atom. The number of anilines is 1. The van der Waals surface area contributed by atoms with Crippen LogP contribution in [-0.2, 0) is 6.54 Å². The molecule has 0 aliphatic heterocycles. The molecule has 7 heteroatoms. The minimum absolute atomic E-state index is 0.235. The summed E-state index contributed by atoms with van der Waals surface area (Å²) in [5.74, 6) is 4.97. The number of nitrogens with one attached hydrogen (secondary N) is 2. The van der Waals surface area contributed by atoms with Gasteiger partial charge in [-0.05, 0) is 12.1 Å². The number of carbonyl (C=O) groups is 1. The standard InChI is InChI=1S/C10H11N5OS/c11-15-7-1-2-9(12-3-7)10(16)13-4-8-5-17-6-14-8/h1-3,5-6,15H,4,11H2,(H,13,16). The molecule has 0 fully saturated rings. The summed E-state index contributed by atoms with van der Waals surface area (Å²) in [6, 6.07) is 3.29. The van der Waals surface area contributed by atoms with Gasteiger partial charge in [-0.1, -0.05) is 0 Å². The first-order valence-corrected chi connectivity index (χ1v) is 5.82. The Labute approximate surface area is 102 Å². The summed E-state index contributed by atoms with van der Waals surface area (Å²) in [5, 5.41) is 4.61. The van der Waals surface area contributed by atoms with Crippen LogP contribution >= 0.6 is 11.3 Å². The van der Waals surface area contributed by atoms with Crippen molar-refractivity contribution in [2.24, 2.45) is 5.84 Å². The van der Waals surface area contributed by atoms with Gasteiger partial charge >= 0.3 is 0 Å². The summed E-state index contributed by atoms with van der Waals surface area (Å²) in [5.41, 5.74) is 6.01. The van der Waals surface area contributed by atoms with Crippen LogP contribution in [0.1, 0.15) is 16.2 Å². The van der Waals surface area contributed by atoms with Crippen LogP contribution in [0, 0.1) is 0 Å². The second-order valence-corrected chi connectivity index (χ2v) is 3.96. The molecule has 0 saturated carbocycles. The number of hydrogen-bond acceptors (Lipinski definition) is 6. The molecule has 1 amide bonds. The van der Waals surface area contributed by atoms with Gasteiger partial charge in [0.2, 0.25) is 0 Å². The first-order chi connectivity index (χ1) is 8.29. The number of nitrogens with zero attached hydrogens (tertiary/aromatic N) is 2. The van der Waals surface area contributed by atoms with Crippen molar-refractivity contribution in [3.63, 3.8) is 0 Å². The molecule has 2 rings (SSSR count). The normalized spacial score (nSPS) is 9.94. The highest BCUT2D eigenvalue weighted by molar-refractivity contribution is 7.07. The minimum atomic E-state index is -0.235. The van der Waals surface area contributed by atoms with Crippen molar-refractivity contribution in [1.29, 1.82) is 0 Å². The van der Waals surface area contributed by atoms with Crippen LogP contribution in [-0.4, -0.2) is 15.9 Å². The summed E-state index contributed by atoms with van der Waals surface area (Å²) in [4.78, 5) is 19.7. The molecule has 88 valence electrons. The molecule has 0 bridgehead atoms. The van der Waals surface area contributed by atoms with E-state index in [4.69, 9.17) is 5.84 Å². The molecule has 0 aliphatic carbocycles. The zero-order valence-electron chi connectivity index (χ0n) is 8.88. The first kappa shape index (κ1) is 11.5. The van der Waals surface area contributed by atoms with Gasteiger partial charge in [0.25, 0.3) is 5.91 Å². The number of hydrazine groups is 1. The maximum Gasteiger partial charge on any atom is 0.270 e. The van der Waals surface area contributed by atoms with Crippen LogP contribution < -0.4 is 16.6 Å². The Morgan fingerprint density at radius 1 is 1.41 bits per heavy atom. The number of nitrogens with two attached hydrogens (primary N) is 1. The molecule has 0 spiro atoms. The van der Waals surface area contributed by atoms with Gasteiger partial charge in [0.15, 0.2) is 0 Å². The van der Waals surface area contributed by atoms with E-state index in [1.54, 1.807) is 17.6 Å². The van der Waals surface area contributed by atoms with E-state index in [9.17, 15) is 4.79 Å². The zero-order chi connectivity index (χ0) is 12.1. The number of rotatable bonds is 4. The van der Waals surface area contributed by atoms with Crippen LogP contribution in [0.25, 0.3) is 0 Å². The van der Waals surface area contributed by atoms with Crippen molar-refractivity contribution in [3.8, 4) is 0 Å². The fraction of sp³-hybridized carbons (Fsp3) is 0.100. The smallest absolute Gasteiger partial charge is 0.270 e. The Morgan fingerprint density at radius 3 is 2.88 bits per heavy atom. The number of carbonyl (C=O) groups excluding carboxylic acids is 1. The average molecular weight is 249 g/mol. The van der Waals surface area contributed by atoms with Crippen molar-refractivity contribution < 1.29 is 4.79 Å². The van der Waals surface area contributed by atoms with Crippen LogP contribution in [0.5, 0.6) is 0 Å². The second-order valence-electron chi connectivity index (χ2n) is 3.24. The van der Waals surface area contributed by atoms with Gasteiger partial charge in [-0.2, -0.15) is 0 Å². The molecule has 0 radical (unpaired) electrons. The highest BCUT2D eigenvalue weighted by Gasteiger charge is 2.06. The largest absolute Gasteiger partial charge is 0.345 e. The van der Waals surface area contributed by atoms with E-state index >= 15 is 0 Å². The van der Waals surface area contributed by atoms with Crippen molar-refractivity contribution in [2.75, 3.05) is 5.43 Å². The Kier molecular flexibility index (Phi) is 3.63. The maximum atomic E-state index is 11.7. The van der Waals surface area contributed by atoms with Crippen LogP contribution in [0.3, 0.4) is 0 Å². The molecule has 0 aromatic carbocycles. The first-order valence-electron chi connectivity index (χ1n) is 4.87. The summed E-state index contributed by atoms with van der Waals surface area (Å²) >= 11 is 1.49. The quantitative estimate of drug-likeness (QED) is 0.549. The maximum absolute atomic E-state index is 11.7. The predicted molar refractivity (Wildman–Crippen MR) is 65.3 cm³/mol. The number of thiazole rings is 1. The van der Waals surface area contributed by atoms with E-state index in [-0.39, 0.29) is 5.91 Å². The number of pyridine rings is 1. The third-order valence-electron chi connectivity index (χ3n) is 2.08. The Bertz CT molecular complexity index is 482. The van der Waals surface area contributed by atoms with Crippen LogP contribution in [0.15, 0.2) is 29.2 Å². The summed E-state index contributed by atoms with van der Waals surface area (Å²) in [7, 11) is 0. The Balaban J connectivity index is 1.95. The SMILES string of the molecule is NNc1ccc(C(=O)NCc2cscn2)nc1. The van der Waals surface area contributed by atoms with Gasteiger partial charge in [0.1, 0.15) is 5.69 Å². The van der Waals surface area contributed by atoms with E-state index in [2.05, 4.69) is 20.7 Å². The van der Waals surface area contributed by atoms with Crippen LogP contribution in [0.4, 0.5) is 5.69 Å². The van der Waals surface area contributed by atoms with E-state index in [0.29, 0.717) is 17.9 Å². The van der Waals surface area contributed by atoms with Gasteiger partial charge in [-0.15, -0.1) is 11.3 Å². The lowest BCUT2D eigenvalue weighted by molar-refractivity contribution is 0.0945. The van der Waals surface area contributed by atoms with Crippen molar-refractivity contribution >= 4 is 22.9 Å². The molecule has 0 saturated heterocycles. The van der Waals surface area contributed by atoms with Gasteiger partial charge in [-0.25, -0.2) is 9.97 Å². The average Bonchev–Trinajstić information content (AvgIpc) is 2.89. The van der Waals surface area contributed by atoms with Gasteiger partial charge in [-0.3, -0.25) is 10.6 Å². The van der Waals surface area contributed by atoms with Gasteiger partial charge in [0.05, 0.1) is 29.6 Å². The summed E-state index contributed by atoms with van der Waals surface area (Å²) < 4.78 is 0. The molecule has 6 nitrogen and oxygen atoms in total. The van der Waals surface area contributed by atoms with E-state index in [1.807, 2.05) is 5.38 Å². The van der Waals surface area contributed by atoms with Crippen molar-refractivity contribution in [2.45, 2.75) is 6.54 Å². The Hall–Kier alpha value is -1.99. The molecule has 0 unspecified atom stereocenters. The van der Waals surface area contributed by atoms with Gasteiger partial charge in [0, 0.05) is 5.38 Å². The zero-order valence-corrected chi connectivity index (χ0v) is 9.70. The molecule has 17 heavy (non-hydrogen) atoms. The lowest BCUT2D eigenvalue weighted by atomic mass is 10.3. The van der Waals surface area contributed by atoms with E-state index in [0.717, 1.165) is 5.69 Å². The number of amides is 1. The molecule has 0 aliphatic rings. The topological polar surface area (TPSA) is 92.9 Å². The molecule has 2 aromatic rings. The summed E-state index contributed by atoms with van der Waals surface area (Å²) in [6.07, 6.45) is 1.50. The third kappa shape index (κ3) is 2.99. The van der Waals surface area contributed by atoms with E-state index < -0.39 is 0 Å². The summed E-state index contributed by atoms with van der Waals surface area (Å²) in [6.45, 7) is 0.404. The fourth-order valence-electron chi connectivity index (χ4n) is 1.20. The predicted octanol–water partition coefficient (Wildman–Crippen LogP) is 0.754. The number of aromatic nitrogens is 2. The van der Waals surface area contributed by atoms with Crippen molar-refractivity contribution in [3.05, 3.63) is 40.6 Å². The number of nitrogen functional groups attached to an aromatic ring is 1. The van der Waals surface area contributed by atoms with Crippen molar-refractivity contribution in [1.82, 2.24) is 15.3 Å².